The molecule has 0 bridgehead atoms. The molecule has 3 N–H and O–H groups in total. The second kappa shape index (κ2) is 6.80. The van der Waals surface area contributed by atoms with Crippen LogP contribution in [0.2, 0.25) is 0 Å². The molecule has 0 aromatic heterocycles. The predicted molar refractivity (Wildman–Crippen MR) is 85.5 cm³/mol. The molecular formula is C17H23N3O2. The van der Waals surface area contributed by atoms with Crippen LogP contribution in [0.1, 0.15) is 38.7 Å². The molecule has 2 atom stereocenters. The zero-order valence-corrected chi connectivity index (χ0v) is 13.1. The fraction of sp³-hybridized carbons (Fsp3) is 0.529. The first-order valence-electron chi connectivity index (χ1n) is 7.66. The molecule has 0 radical (unpaired) electrons. The maximum Gasteiger partial charge on any atom is 0.319 e. The summed E-state index contributed by atoms with van der Waals surface area (Å²) in [5, 5.41) is 24.1. The van der Waals surface area contributed by atoms with Crippen molar-refractivity contribution in [2.24, 2.45) is 5.92 Å². The largest absolute Gasteiger partial charge is 0.396 e. The number of hydrogen-bond donors (Lipinski definition) is 3. The summed E-state index contributed by atoms with van der Waals surface area (Å²) in [6.07, 6.45) is 2.90. The Balaban J connectivity index is 1.94. The summed E-state index contributed by atoms with van der Waals surface area (Å²) in [5.41, 5.74) is 1.06. The van der Waals surface area contributed by atoms with Crippen LogP contribution < -0.4 is 10.6 Å². The Morgan fingerprint density at radius 3 is 2.64 bits per heavy atom. The first-order valence-corrected chi connectivity index (χ1v) is 7.66. The number of benzene rings is 1. The van der Waals surface area contributed by atoms with Crippen molar-refractivity contribution < 1.29 is 9.90 Å². The molecule has 0 saturated heterocycles. The lowest BCUT2D eigenvalue weighted by atomic mass is 9.86. The number of aliphatic hydroxyl groups excluding tert-OH is 1. The van der Waals surface area contributed by atoms with Gasteiger partial charge in [0.05, 0.1) is 11.5 Å². The van der Waals surface area contributed by atoms with Crippen molar-refractivity contribution in [1.29, 1.82) is 5.26 Å². The van der Waals surface area contributed by atoms with Crippen molar-refractivity contribution >= 4 is 11.7 Å². The molecular weight excluding hydrogens is 278 g/mol. The maximum absolute atomic E-state index is 12.0. The number of nitriles is 1. The Morgan fingerprint density at radius 1 is 1.36 bits per heavy atom. The van der Waals surface area contributed by atoms with Crippen molar-refractivity contribution in [3.05, 3.63) is 29.8 Å². The number of nitrogens with zero attached hydrogens (tertiary/aromatic N) is 1. The molecule has 22 heavy (non-hydrogen) atoms. The van der Waals surface area contributed by atoms with Gasteiger partial charge in [0, 0.05) is 24.3 Å². The number of urea groups is 1. The van der Waals surface area contributed by atoms with Crippen molar-refractivity contribution in [2.45, 2.75) is 44.6 Å². The standard InChI is InChI=1S/C17H23N3O2/c1-17(2,11-18)13-6-8-14(9-7-13)19-16(22)20-15-5-3-4-12(15)10-21/h6-9,12,15,21H,3-5,10H2,1-2H3,(H2,19,20,22)/t12-,15+/m0/s1. The highest BCUT2D eigenvalue weighted by atomic mass is 16.3. The average Bonchev–Trinajstić information content (AvgIpc) is 2.94. The zero-order chi connectivity index (χ0) is 16.2. The van der Waals surface area contributed by atoms with Gasteiger partial charge < -0.3 is 15.7 Å². The quantitative estimate of drug-likeness (QED) is 0.799. The van der Waals surface area contributed by atoms with E-state index < -0.39 is 5.41 Å². The number of anilines is 1. The summed E-state index contributed by atoms with van der Waals surface area (Å²) in [6.45, 7) is 3.83. The van der Waals surface area contributed by atoms with Gasteiger partial charge in [-0.25, -0.2) is 4.79 Å². The average molecular weight is 301 g/mol. The van der Waals surface area contributed by atoms with Gasteiger partial charge in [-0.15, -0.1) is 0 Å². The van der Waals surface area contributed by atoms with Gasteiger partial charge in [-0.05, 0) is 44.4 Å². The van der Waals surface area contributed by atoms with Gasteiger partial charge in [0.1, 0.15) is 0 Å². The monoisotopic (exact) mass is 301 g/mol. The van der Waals surface area contributed by atoms with Gasteiger partial charge in [-0.1, -0.05) is 18.6 Å². The topological polar surface area (TPSA) is 85.2 Å². The third-order valence-electron chi connectivity index (χ3n) is 4.35. The SMILES string of the molecule is CC(C)(C#N)c1ccc(NC(=O)N[C@@H]2CCC[C@H]2CO)cc1. The molecule has 1 aromatic rings. The molecule has 2 rings (SSSR count). The molecule has 1 aromatic carbocycles. The Morgan fingerprint density at radius 2 is 2.05 bits per heavy atom. The van der Waals surface area contributed by atoms with Crippen LogP contribution in [0.4, 0.5) is 10.5 Å². The number of hydrogen-bond acceptors (Lipinski definition) is 3. The highest BCUT2D eigenvalue weighted by Gasteiger charge is 2.27. The lowest BCUT2D eigenvalue weighted by molar-refractivity contribution is 0.203. The molecule has 2 amide bonds. The molecule has 0 heterocycles. The Kier molecular flexibility index (Phi) is 5.04. The third kappa shape index (κ3) is 3.77. The number of carbonyl (C=O) groups is 1. The molecule has 0 spiro atoms. The summed E-state index contributed by atoms with van der Waals surface area (Å²) in [5.74, 6) is 0.157. The fourth-order valence-corrected chi connectivity index (χ4v) is 2.82. The van der Waals surface area contributed by atoms with E-state index in [9.17, 15) is 9.90 Å². The smallest absolute Gasteiger partial charge is 0.319 e. The van der Waals surface area contributed by atoms with E-state index in [2.05, 4.69) is 16.7 Å². The number of carbonyl (C=O) groups excluding carboxylic acids is 1. The van der Waals surface area contributed by atoms with Crippen LogP contribution in [0.3, 0.4) is 0 Å². The molecule has 0 aliphatic heterocycles. The molecule has 1 saturated carbocycles. The van der Waals surface area contributed by atoms with Crippen LogP contribution in [0.5, 0.6) is 0 Å². The molecule has 0 unspecified atom stereocenters. The Bertz CT molecular complexity index is 560. The molecule has 1 fully saturated rings. The van der Waals surface area contributed by atoms with Crippen molar-refractivity contribution in [3.63, 3.8) is 0 Å². The Hall–Kier alpha value is -2.06. The van der Waals surface area contributed by atoms with Crippen LogP contribution in [0.25, 0.3) is 0 Å². The second-order valence-corrected chi connectivity index (χ2v) is 6.39. The van der Waals surface area contributed by atoms with Crippen LogP contribution >= 0.6 is 0 Å². The molecule has 1 aliphatic rings. The van der Waals surface area contributed by atoms with E-state index in [-0.39, 0.29) is 24.6 Å². The number of rotatable bonds is 4. The fourth-order valence-electron chi connectivity index (χ4n) is 2.82. The van der Waals surface area contributed by atoms with Gasteiger partial charge in [0.15, 0.2) is 0 Å². The van der Waals surface area contributed by atoms with Crippen LogP contribution in [-0.4, -0.2) is 23.8 Å². The zero-order valence-electron chi connectivity index (χ0n) is 13.1. The predicted octanol–water partition coefficient (Wildman–Crippen LogP) is 2.77. The summed E-state index contributed by atoms with van der Waals surface area (Å²) < 4.78 is 0. The maximum atomic E-state index is 12.0. The van der Waals surface area contributed by atoms with E-state index >= 15 is 0 Å². The summed E-state index contributed by atoms with van der Waals surface area (Å²) in [7, 11) is 0. The minimum absolute atomic E-state index is 0.0433. The van der Waals surface area contributed by atoms with Crippen LogP contribution in [0, 0.1) is 17.2 Å². The van der Waals surface area contributed by atoms with Crippen molar-refractivity contribution in [2.75, 3.05) is 11.9 Å². The van der Waals surface area contributed by atoms with Gasteiger partial charge >= 0.3 is 6.03 Å². The van der Waals surface area contributed by atoms with Gasteiger partial charge in [0.2, 0.25) is 0 Å². The minimum Gasteiger partial charge on any atom is -0.396 e. The van der Waals surface area contributed by atoms with E-state index in [1.165, 1.54) is 0 Å². The molecule has 5 heteroatoms. The van der Waals surface area contributed by atoms with E-state index in [0.29, 0.717) is 5.69 Å². The normalized spacial score (nSPS) is 21.2. The first-order chi connectivity index (χ1) is 10.5. The lowest BCUT2D eigenvalue weighted by Crippen LogP contribution is -2.41. The first kappa shape index (κ1) is 16.3. The molecule has 5 nitrogen and oxygen atoms in total. The molecule has 1 aliphatic carbocycles. The third-order valence-corrected chi connectivity index (χ3v) is 4.35. The summed E-state index contributed by atoms with van der Waals surface area (Å²) >= 11 is 0. The van der Waals surface area contributed by atoms with E-state index in [0.717, 1.165) is 24.8 Å². The van der Waals surface area contributed by atoms with Crippen LogP contribution in [0.15, 0.2) is 24.3 Å². The molecule has 118 valence electrons. The minimum atomic E-state index is -0.543. The van der Waals surface area contributed by atoms with Crippen LogP contribution in [-0.2, 0) is 5.41 Å². The Labute approximate surface area is 131 Å². The second-order valence-electron chi connectivity index (χ2n) is 6.39. The lowest BCUT2D eigenvalue weighted by Gasteiger charge is -2.20. The highest BCUT2D eigenvalue weighted by Crippen LogP contribution is 2.26. The van der Waals surface area contributed by atoms with E-state index in [4.69, 9.17) is 5.26 Å². The van der Waals surface area contributed by atoms with Crippen molar-refractivity contribution in [3.8, 4) is 6.07 Å². The van der Waals surface area contributed by atoms with Gasteiger partial charge in [0.25, 0.3) is 0 Å². The number of nitrogens with one attached hydrogen (secondary N) is 2. The van der Waals surface area contributed by atoms with Crippen molar-refractivity contribution in [1.82, 2.24) is 5.32 Å². The highest BCUT2D eigenvalue weighted by molar-refractivity contribution is 5.89. The van der Waals surface area contributed by atoms with E-state index in [1.54, 1.807) is 12.1 Å². The number of amides is 2. The van der Waals surface area contributed by atoms with Gasteiger partial charge in [-0.3, -0.25) is 0 Å². The van der Waals surface area contributed by atoms with Gasteiger partial charge in [-0.2, -0.15) is 5.26 Å². The summed E-state index contributed by atoms with van der Waals surface area (Å²) in [6, 6.07) is 9.34. The summed E-state index contributed by atoms with van der Waals surface area (Å²) in [4.78, 5) is 12.0. The van der Waals surface area contributed by atoms with E-state index in [1.807, 2.05) is 26.0 Å². The number of aliphatic hydroxyl groups is 1.